The molecule has 0 heterocycles. The van der Waals surface area contributed by atoms with Gasteiger partial charge in [-0.3, -0.25) is 15.1 Å². The third kappa shape index (κ3) is 8.22. The molecule has 6 nitrogen and oxygen atoms in total. The van der Waals surface area contributed by atoms with Crippen LogP contribution in [0.2, 0.25) is 0 Å². The number of nitrogens with one attached hydrogen (secondary N) is 2. The Morgan fingerprint density at radius 3 is 2.18 bits per heavy atom. The zero-order valence-electron chi connectivity index (χ0n) is 16.6. The van der Waals surface area contributed by atoms with E-state index in [1.807, 2.05) is 60.7 Å². The zero-order chi connectivity index (χ0) is 20.4. The van der Waals surface area contributed by atoms with Crippen molar-refractivity contribution in [2.75, 3.05) is 12.1 Å². The van der Waals surface area contributed by atoms with Gasteiger partial charge in [0.25, 0.3) is 0 Å². The normalized spacial score (nSPS) is 12.1. The topological polar surface area (TPSA) is 76.7 Å². The number of anilines is 1. The summed E-state index contributed by atoms with van der Waals surface area (Å²) >= 11 is 0. The Bertz CT molecular complexity index is 742. The number of ketones is 1. The molecule has 0 unspecified atom stereocenters. The molecule has 0 bridgehead atoms. The Morgan fingerprint density at radius 2 is 1.57 bits per heavy atom. The van der Waals surface area contributed by atoms with Crippen LogP contribution in [0, 0.1) is 0 Å². The number of carbonyl (C=O) groups excluding carboxylic acids is 2. The van der Waals surface area contributed by atoms with E-state index in [1.165, 1.54) is 0 Å². The summed E-state index contributed by atoms with van der Waals surface area (Å²) in [5.74, 6) is -0.121. The third-order valence-corrected chi connectivity index (χ3v) is 3.78. The molecule has 1 amide bonds. The molecule has 6 heteroatoms. The monoisotopic (exact) mass is 384 g/mol. The largest absolute Gasteiger partial charge is 0.444 e. The van der Waals surface area contributed by atoms with Crippen LogP contribution in [0.4, 0.5) is 10.5 Å². The fourth-order valence-electron chi connectivity index (χ4n) is 2.51. The van der Waals surface area contributed by atoms with Crippen LogP contribution < -0.4 is 10.8 Å². The molecular weight excluding hydrogens is 356 g/mol. The number of hydrogen-bond donors (Lipinski definition) is 2. The fraction of sp³-hybridized carbons (Fsp3) is 0.364. The molecule has 0 aromatic heterocycles. The predicted octanol–water partition coefficient (Wildman–Crippen LogP) is 4.13. The molecule has 0 aliphatic heterocycles. The van der Waals surface area contributed by atoms with E-state index in [0.29, 0.717) is 6.42 Å². The Hall–Kier alpha value is -2.86. The van der Waals surface area contributed by atoms with E-state index >= 15 is 0 Å². The molecule has 28 heavy (non-hydrogen) atoms. The first-order valence-corrected chi connectivity index (χ1v) is 9.32. The van der Waals surface area contributed by atoms with Crippen LogP contribution >= 0.6 is 0 Å². The van der Waals surface area contributed by atoms with Gasteiger partial charge in [0.15, 0.2) is 5.78 Å². The highest BCUT2D eigenvalue weighted by Crippen LogP contribution is 2.10. The lowest BCUT2D eigenvalue weighted by Gasteiger charge is -2.23. The van der Waals surface area contributed by atoms with Gasteiger partial charge in [-0.2, -0.15) is 0 Å². The van der Waals surface area contributed by atoms with Crippen molar-refractivity contribution in [3.05, 3.63) is 66.2 Å². The zero-order valence-corrected chi connectivity index (χ0v) is 16.6. The Kier molecular flexibility index (Phi) is 8.02. The van der Waals surface area contributed by atoms with Crippen LogP contribution in [0.5, 0.6) is 0 Å². The van der Waals surface area contributed by atoms with Crippen molar-refractivity contribution in [1.82, 2.24) is 5.32 Å². The van der Waals surface area contributed by atoms with Crippen molar-refractivity contribution >= 4 is 17.6 Å². The summed E-state index contributed by atoms with van der Waals surface area (Å²) < 4.78 is 5.29. The standard InChI is InChI=1S/C22H28N2O4/c1-22(2,3)28-21(26)23-19(16-17-10-6-4-7-11-17)20(25)14-15-27-24-18-12-8-5-9-13-18/h4-13,19,24H,14-16H2,1-3H3,(H,23,26)/t19-/m0/s1. The van der Waals surface area contributed by atoms with Gasteiger partial charge in [-0.05, 0) is 44.9 Å². The molecule has 0 fully saturated rings. The van der Waals surface area contributed by atoms with Crippen molar-refractivity contribution < 1.29 is 19.2 Å². The van der Waals surface area contributed by atoms with Crippen LogP contribution in [-0.2, 0) is 20.8 Å². The Balaban J connectivity index is 1.90. The number of ether oxygens (including phenoxy) is 1. The van der Waals surface area contributed by atoms with E-state index in [-0.39, 0.29) is 18.8 Å². The van der Waals surface area contributed by atoms with Gasteiger partial charge in [-0.1, -0.05) is 48.5 Å². The predicted molar refractivity (Wildman–Crippen MR) is 109 cm³/mol. The van der Waals surface area contributed by atoms with E-state index in [0.717, 1.165) is 11.3 Å². The van der Waals surface area contributed by atoms with E-state index in [4.69, 9.17) is 9.57 Å². The number of alkyl carbamates (subject to hydrolysis) is 1. The number of rotatable bonds is 9. The van der Waals surface area contributed by atoms with Crippen LogP contribution in [0.1, 0.15) is 32.8 Å². The minimum atomic E-state index is -0.683. The number of Topliss-reactive ketones (excluding diaryl/α,β-unsaturated/α-hetero) is 1. The molecule has 2 aromatic rings. The van der Waals surface area contributed by atoms with Gasteiger partial charge in [0, 0.05) is 6.42 Å². The van der Waals surface area contributed by atoms with Gasteiger partial charge < -0.3 is 10.1 Å². The molecule has 150 valence electrons. The first-order chi connectivity index (χ1) is 13.3. The molecule has 0 aliphatic rings. The minimum absolute atomic E-state index is 0.121. The number of para-hydroxylation sites is 1. The molecule has 0 saturated carbocycles. The Labute approximate surface area is 166 Å². The summed E-state index contributed by atoms with van der Waals surface area (Å²) in [4.78, 5) is 30.2. The molecule has 2 aromatic carbocycles. The van der Waals surface area contributed by atoms with E-state index in [9.17, 15) is 9.59 Å². The molecule has 0 aliphatic carbocycles. The maximum absolute atomic E-state index is 12.7. The summed E-state index contributed by atoms with van der Waals surface area (Å²) in [5, 5.41) is 2.69. The highest BCUT2D eigenvalue weighted by atomic mass is 16.6. The average Bonchev–Trinajstić information content (AvgIpc) is 2.65. The second-order valence-electron chi connectivity index (χ2n) is 7.42. The van der Waals surface area contributed by atoms with Crippen molar-refractivity contribution in [1.29, 1.82) is 0 Å². The summed E-state index contributed by atoms with van der Waals surface area (Å²) in [5.41, 5.74) is 3.93. The average molecular weight is 384 g/mol. The van der Waals surface area contributed by atoms with Crippen LogP contribution in [0.25, 0.3) is 0 Å². The first kappa shape index (κ1) is 21.4. The lowest BCUT2D eigenvalue weighted by molar-refractivity contribution is -0.122. The number of hydrogen-bond acceptors (Lipinski definition) is 5. The molecule has 0 spiro atoms. The molecular formula is C22H28N2O4. The van der Waals surface area contributed by atoms with Gasteiger partial charge in [0.1, 0.15) is 5.60 Å². The summed E-state index contributed by atoms with van der Waals surface area (Å²) in [6.45, 7) is 5.53. The molecule has 1 atom stereocenters. The van der Waals surface area contributed by atoms with Gasteiger partial charge in [0.05, 0.1) is 18.3 Å². The molecule has 0 radical (unpaired) electrons. The van der Waals surface area contributed by atoms with Gasteiger partial charge in [-0.15, -0.1) is 0 Å². The smallest absolute Gasteiger partial charge is 0.408 e. The van der Waals surface area contributed by atoms with E-state index in [2.05, 4.69) is 10.8 Å². The Morgan fingerprint density at radius 1 is 0.964 bits per heavy atom. The molecule has 2 rings (SSSR count). The quantitative estimate of drug-likeness (QED) is 0.502. The SMILES string of the molecule is CC(C)(C)OC(=O)N[C@@H](Cc1ccccc1)C(=O)CCONc1ccccc1. The molecule has 2 N–H and O–H groups in total. The number of carbonyl (C=O) groups is 2. The second-order valence-corrected chi connectivity index (χ2v) is 7.42. The van der Waals surface area contributed by atoms with Crippen molar-refractivity contribution in [3.8, 4) is 0 Å². The van der Waals surface area contributed by atoms with E-state index in [1.54, 1.807) is 20.8 Å². The number of amides is 1. The van der Waals surface area contributed by atoms with Crippen LogP contribution in [-0.4, -0.2) is 30.1 Å². The highest BCUT2D eigenvalue weighted by molar-refractivity contribution is 5.87. The number of benzene rings is 2. The highest BCUT2D eigenvalue weighted by Gasteiger charge is 2.24. The lowest BCUT2D eigenvalue weighted by Crippen LogP contribution is -2.45. The van der Waals surface area contributed by atoms with Gasteiger partial charge in [-0.25, -0.2) is 4.79 Å². The van der Waals surface area contributed by atoms with Crippen LogP contribution in [0.3, 0.4) is 0 Å². The molecule has 0 saturated heterocycles. The second kappa shape index (κ2) is 10.5. The van der Waals surface area contributed by atoms with Gasteiger partial charge >= 0.3 is 6.09 Å². The maximum atomic E-state index is 12.7. The van der Waals surface area contributed by atoms with Crippen molar-refractivity contribution in [2.45, 2.75) is 45.3 Å². The summed E-state index contributed by atoms with van der Waals surface area (Å²) in [6, 6.07) is 18.3. The van der Waals surface area contributed by atoms with Crippen molar-refractivity contribution in [3.63, 3.8) is 0 Å². The van der Waals surface area contributed by atoms with Crippen molar-refractivity contribution in [2.24, 2.45) is 0 Å². The van der Waals surface area contributed by atoms with Gasteiger partial charge in [0.2, 0.25) is 0 Å². The fourth-order valence-corrected chi connectivity index (χ4v) is 2.51. The first-order valence-electron chi connectivity index (χ1n) is 9.32. The summed E-state index contributed by atoms with van der Waals surface area (Å²) in [7, 11) is 0. The lowest BCUT2D eigenvalue weighted by atomic mass is 10.0. The third-order valence-electron chi connectivity index (χ3n) is 3.78. The van der Waals surface area contributed by atoms with Crippen LogP contribution in [0.15, 0.2) is 60.7 Å². The minimum Gasteiger partial charge on any atom is -0.444 e. The van der Waals surface area contributed by atoms with E-state index < -0.39 is 17.7 Å². The maximum Gasteiger partial charge on any atom is 0.408 e. The summed E-state index contributed by atoms with van der Waals surface area (Å²) in [6.07, 6.45) is -0.0526.